The predicted molar refractivity (Wildman–Crippen MR) is 94.8 cm³/mol. The van der Waals surface area contributed by atoms with Gasteiger partial charge in [-0.3, -0.25) is 19.2 Å². The van der Waals surface area contributed by atoms with Crippen molar-refractivity contribution in [3.8, 4) is 0 Å². The average Bonchev–Trinajstić information content (AvgIpc) is 3.07. The topological polar surface area (TPSA) is 86.9 Å². The van der Waals surface area contributed by atoms with Gasteiger partial charge in [0, 0.05) is 38.6 Å². The molecule has 4 rings (SSSR count). The lowest BCUT2D eigenvalue weighted by atomic mass is 10.1. The lowest BCUT2D eigenvalue weighted by molar-refractivity contribution is 0.0696. The lowest BCUT2D eigenvalue weighted by Gasteiger charge is -2.38. The molecule has 1 atom stereocenters. The number of carboxylic acid groups (broad SMARTS) is 1. The minimum atomic E-state index is -0.958. The van der Waals surface area contributed by atoms with Crippen molar-refractivity contribution in [1.29, 1.82) is 0 Å². The Morgan fingerprint density at radius 1 is 1.23 bits per heavy atom. The van der Waals surface area contributed by atoms with Gasteiger partial charge >= 0.3 is 5.97 Å². The standard InChI is InChI=1S/C18H20N6O2/c1-22-8-9-23(11-14-4-2-3-7-19-14)12-15(22)17-21-20-16-6-5-13(18(25)26)10-24(16)17/h2-7,10,15H,8-9,11-12H2,1H3,(H,25,26)/t15-/m0/s1. The van der Waals surface area contributed by atoms with Crippen molar-refractivity contribution in [3.63, 3.8) is 0 Å². The zero-order chi connectivity index (χ0) is 18.1. The van der Waals surface area contributed by atoms with Crippen molar-refractivity contribution < 1.29 is 9.90 Å². The quantitative estimate of drug-likeness (QED) is 0.757. The summed E-state index contributed by atoms with van der Waals surface area (Å²) in [5, 5.41) is 17.8. The Hall–Kier alpha value is -2.84. The van der Waals surface area contributed by atoms with Crippen LogP contribution >= 0.6 is 0 Å². The van der Waals surface area contributed by atoms with Crippen LogP contribution in [0.15, 0.2) is 42.7 Å². The van der Waals surface area contributed by atoms with Gasteiger partial charge in [0.1, 0.15) is 0 Å². The number of pyridine rings is 2. The van der Waals surface area contributed by atoms with Crippen molar-refractivity contribution in [2.24, 2.45) is 0 Å². The number of hydrogen-bond donors (Lipinski definition) is 1. The number of fused-ring (bicyclic) bond motifs is 1. The molecule has 8 heteroatoms. The lowest BCUT2D eigenvalue weighted by Crippen LogP contribution is -2.46. The summed E-state index contributed by atoms with van der Waals surface area (Å²) in [5.41, 5.74) is 1.91. The van der Waals surface area contributed by atoms with E-state index in [1.807, 2.05) is 24.4 Å². The van der Waals surface area contributed by atoms with Crippen LogP contribution in [0.4, 0.5) is 0 Å². The summed E-state index contributed by atoms with van der Waals surface area (Å²) < 4.78 is 1.79. The number of piperazine rings is 1. The van der Waals surface area contributed by atoms with Gasteiger partial charge in [0.25, 0.3) is 0 Å². The minimum Gasteiger partial charge on any atom is -0.478 e. The van der Waals surface area contributed by atoms with E-state index in [2.05, 4.69) is 32.0 Å². The fourth-order valence-corrected chi connectivity index (χ4v) is 3.34. The zero-order valence-electron chi connectivity index (χ0n) is 14.5. The van der Waals surface area contributed by atoms with Crippen molar-refractivity contribution in [2.45, 2.75) is 12.6 Å². The summed E-state index contributed by atoms with van der Waals surface area (Å²) in [7, 11) is 2.06. The van der Waals surface area contributed by atoms with Crippen LogP contribution in [0.25, 0.3) is 5.65 Å². The molecule has 0 saturated carbocycles. The van der Waals surface area contributed by atoms with Crippen LogP contribution in [-0.4, -0.2) is 67.1 Å². The SMILES string of the molecule is CN1CCN(Cc2ccccn2)C[C@H]1c1nnc2ccc(C(=O)O)cn12. The van der Waals surface area contributed by atoms with Gasteiger partial charge in [0.05, 0.1) is 17.3 Å². The van der Waals surface area contributed by atoms with E-state index in [9.17, 15) is 9.90 Å². The number of carbonyl (C=O) groups is 1. The van der Waals surface area contributed by atoms with Gasteiger partial charge in [-0.15, -0.1) is 10.2 Å². The highest BCUT2D eigenvalue weighted by Crippen LogP contribution is 2.24. The molecule has 0 radical (unpaired) electrons. The molecule has 1 aliphatic rings. The second kappa shape index (κ2) is 6.81. The van der Waals surface area contributed by atoms with E-state index in [1.54, 1.807) is 22.7 Å². The van der Waals surface area contributed by atoms with Gasteiger partial charge in [-0.05, 0) is 31.3 Å². The smallest absolute Gasteiger partial charge is 0.337 e. The first kappa shape index (κ1) is 16.6. The third-order valence-electron chi connectivity index (χ3n) is 4.82. The molecule has 3 aromatic heterocycles. The first-order valence-electron chi connectivity index (χ1n) is 8.52. The summed E-state index contributed by atoms with van der Waals surface area (Å²) in [6, 6.07) is 9.21. The first-order valence-corrected chi connectivity index (χ1v) is 8.52. The average molecular weight is 352 g/mol. The Kier molecular flexibility index (Phi) is 4.36. The Morgan fingerprint density at radius 2 is 2.12 bits per heavy atom. The molecule has 0 bridgehead atoms. The number of nitrogens with zero attached hydrogens (tertiary/aromatic N) is 6. The van der Waals surface area contributed by atoms with Crippen LogP contribution in [0.2, 0.25) is 0 Å². The fraction of sp³-hybridized carbons (Fsp3) is 0.333. The molecule has 134 valence electrons. The van der Waals surface area contributed by atoms with Gasteiger partial charge in [-0.1, -0.05) is 6.07 Å². The molecule has 0 aliphatic carbocycles. The summed E-state index contributed by atoms with van der Waals surface area (Å²) in [5.74, 6) is -0.198. The van der Waals surface area contributed by atoms with Gasteiger partial charge in [-0.25, -0.2) is 4.79 Å². The summed E-state index contributed by atoms with van der Waals surface area (Å²) in [6.45, 7) is 3.40. The minimum absolute atomic E-state index is 0.0338. The van der Waals surface area contributed by atoms with Crippen molar-refractivity contribution in [3.05, 3.63) is 59.8 Å². The number of rotatable bonds is 4. The number of hydrogen-bond acceptors (Lipinski definition) is 6. The maximum Gasteiger partial charge on any atom is 0.337 e. The normalized spacial score (nSPS) is 19.0. The molecule has 4 heterocycles. The van der Waals surface area contributed by atoms with Gasteiger partial charge in [0.2, 0.25) is 0 Å². The number of likely N-dealkylation sites (N-methyl/N-ethyl adjacent to an activating group) is 1. The highest BCUT2D eigenvalue weighted by molar-refractivity contribution is 5.87. The third-order valence-corrected chi connectivity index (χ3v) is 4.82. The Morgan fingerprint density at radius 3 is 2.88 bits per heavy atom. The Labute approximate surface area is 150 Å². The van der Waals surface area contributed by atoms with Crippen LogP contribution in [0.5, 0.6) is 0 Å². The predicted octanol–water partition coefficient (Wildman–Crippen LogP) is 1.31. The third kappa shape index (κ3) is 3.16. The van der Waals surface area contributed by atoms with E-state index in [4.69, 9.17) is 0 Å². The van der Waals surface area contributed by atoms with Crippen LogP contribution in [-0.2, 0) is 6.54 Å². The highest BCUT2D eigenvalue weighted by atomic mass is 16.4. The second-order valence-electron chi connectivity index (χ2n) is 6.56. The van der Waals surface area contributed by atoms with Crippen molar-refractivity contribution >= 4 is 11.6 Å². The largest absolute Gasteiger partial charge is 0.478 e. The van der Waals surface area contributed by atoms with Crippen LogP contribution in [0.3, 0.4) is 0 Å². The molecule has 8 nitrogen and oxygen atoms in total. The molecule has 1 saturated heterocycles. The molecule has 0 spiro atoms. The number of aromatic nitrogens is 4. The van der Waals surface area contributed by atoms with Crippen LogP contribution < -0.4 is 0 Å². The Bertz CT molecular complexity index is 926. The van der Waals surface area contributed by atoms with Gasteiger partial charge in [0.15, 0.2) is 11.5 Å². The highest BCUT2D eigenvalue weighted by Gasteiger charge is 2.29. The molecule has 26 heavy (non-hydrogen) atoms. The molecular weight excluding hydrogens is 332 g/mol. The van der Waals surface area contributed by atoms with Crippen LogP contribution in [0.1, 0.15) is 27.9 Å². The molecular formula is C18H20N6O2. The Balaban J connectivity index is 1.62. The van der Waals surface area contributed by atoms with Gasteiger partial charge < -0.3 is 5.11 Å². The molecule has 0 amide bonds. The van der Waals surface area contributed by atoms with E-state index in [0.29, 0.717) is 5.65 Å². The summed E-state index contributed by atoms with van der Waals surface area (Å²) >= 11 is 0. The maximum atomic E-state index is 11.3. The van der Waals surface area contributed by atoms with E-state index < -0.39 is 5.97 Å². The first-order chi connectivity index (χ1) is 12.6. The van der Waals surface area contributed by atoms with Crippen molar-refractivity contribution in [2.75, 3.05) is 26.7 Å². The number of aromatic carboxylic acids is 1. The molecule has 1 N–H and O–H groups in total. The van der Waals surface area contributed by atoms with E-state index in [1.165, 1.54) is 0 Å². The van der Waals surface area contributed by atoms with Crippen molar-refractivity contribution in [1.82, 2.24) is 29.4 Å². The van der Waals surface area contributed by atoms with Gasteiger partial charge in [-0.2, -0.15) is 0 Å². The van der Waals surface area contributed by atoms with Crippen LogP contribution in [0, 0.1) is 0 Å². The molecule has 0 aromatic carbocycles. The zero-order valence-corrected chi connectivity index (χ0v) is 14.5. The summed E-state index contributed by atoms with van der Waals surface area (Å²) in [4.78, 5) is 20.3. The van der Waals surface area contributed by atoms with E-state index in [-0.39, 0.29) is 11.6 Å². The summed E-state index contributed by atoms with van der Waals surface area (Å²) in [6.07, 6.45) is 3.40. The number of carboxylic acids is 1. The molecule has 3 aromatic rings. The monoisotopic (exact) mass is 352 g/mol. The maximum absolute atomic E-state index is 11.3. The molecule has 1 fully saturated rings. The van der Waals surface area contributed by atoms with E-state index >= 15 is 0 Å². The van der Waals surface area contributed by atoms with E-state index in [0.717, 1.165) is 37.7 Å². The second-order valence-corrected chi connectivity index (χ2v) is 6.56. The fourth-order valence-electron chi connectivity index (χ4n) is 3.34. The molecule has 0 unspecified atom stereocenters. The molecule has 1 aliphatic heterocycles.